The van der Waals surface area contributed by atoms with Crippen molar-refractivity contribution in [3.63, 3.8) is 0 Å². The molecule has 106 valence electrons. The Kier molecular flexibility index (Phi) is 5.31. The van der Waals surface area contributed by atoms with Crippen molar-refractivity contribution in [2.45, 2.75) is 25.7 Å². The summed E-state index contributed by atoms with van der Waals surface area (Å²) in [7, 11) is 0. The van der Waals surface area contributed by atoms with Gasteiger partial charge in [0.15, 0.2) is 0 Å². The van der Waals surface area contributed by atoms with E-state index in [1.165, 1.54) is 12.1 Å². The zero-order chi connectivity index (χ0) is 14.5. The van der Waals surface area contributed by atoms with E-state index in [2.05, 4.69) is 5.32 Å². The maximum absolute atomic E-state index is 12.1. The van der Waals surface area contributed by atoms with Crippen LogP contribution in [0.1, 0.15) is 12.5 Å². The van der Waals surface area contributed by atoms with Crippen LogP contribution >= 0.6 is 0 Å². The largest absolute Gasteiger partial charge is 0.471 e. The summed E-state index contributed by atoms with van der Waals surface area (Å²) in [5.41, 5.74) is 0.791. The minimum Gasteiger partial charge on any atom is -0.392 e. The molecule has 1 amide bonds. The van der Waals surface area contributed by atoms with Gasteiger partial charge in [-0.1, -0.05) is 12.1 Å². The summed E-state index contributed by atoms with van der Waals surface area (Å²) >= 11 is 0. The highest BCUT2D eigenvalue weighted by atomic mass is 19.4. The Morgan fingerprint density at radius 3 is 2.68 bits per heavy atom. The normalized spacial score (nSPS) is 13.1. The molecule has 3 N–H and O–H groups in total. The molecule has 0 aliphatic rings. The zero-order valence-corrected chi connectivity index (χ0v) is 10.3. The molecule has 4 nitrogen and oxygen atoms in total. The first-order valence-electron chi connectivity index (χ1n) is 5.65. The molecule has 1 aromatic rings. The fourth-order valence-electron chi connectivity index (χ4n) is 1.39. The summed E-state index contributed by atoms with van der Waals surface area (Å²) in [5.74, 6) is -2.00. The summed E-state index contributed by atoms with van der Waals surface area (Å²) in [5, 5.41) is 13.8. The van der Waals surface area contributed by atoms with E-state index in [9.17, 15) is 18.0 Å². The summed E-state index contributed by atoms with van der Waals surface area (Å²) in [4.78, 5) is 10.8. The highest BCUT2D eigenvalue weighted by Gasteiger charge is 2.38. The summed E-state index contributed by atoms with van der Waals surface area (Å²) < 4.78 is 36.2. The number of hydrogen-bond acceptors (Lipinski definition) is 3. The predicted octanol–water partition coefficient (Wildman–Crippen LogP) is 1.66. The molecule has 0 saturated heterocycles. The molecule has 0 aliphatic heterocycles. The third-order valence-corrected chi connectivity index (χ3v) is 2.21. The van der Waals surface area contributed by atoms with E-state index in [-0.39, 0.29) is 5.69 Å². The van der Waals surface area contributed by atoms with E-state index in [1.807, 2.05) is 0 Å². The topological polar surface area (TPSA) is 61.4 Å². The Bertz CT molecular complexity index is 433. The van der Waals surface area contributed by atoms with E-state index in [0.29, 0.717) is 18.7 Å². The number of hydrogen-bond donors (Lipinski definition) is 3. The quantitative estimate of drug-likeness (QED) is 0.766. The second kappa shape index (κ2) is 6.53. The molecule has 0 saturated carbocycles. The lowest BCUT2D eigenvalue weighted by Crippen LogP contribution is -2.30. The van der Waals surface area contributed by atoms with E-state index in [0.717, 1.165) is 0 Å². The maximum atomic E-state index is 12.1. The van der Waals surface area contributed by atoms with Crippen LogP contribution in [0.2, 0.25) is 0 Å². The number of amides is 1. The number of carbonyl (C=O) groups excluding carboxylic acids is 1. The molecule has 0 aliphatic carbocycles. The minimum absolute atomic E-state index is 0.0821. The van der Waals surface area contributed by atoms with Crippen molar-refractivity contribution in [1.29, 1.82) is 0 Å². The Morgan fingerprint density at radius 1 is 1.42 bits per heavy atom. The number of alkyl halides is 3. The lowest BCUT2D eigenvalue weighted by atomic mass is 10.2. The van der Waals surface area contributed by atoms with Crippen LogP contribution in [0, 0.1) is 0 Å². The fourth-order valence-corrected chi connectivity index (χ4v) is 1.39. The minimum atomic E-state index is -4.90. The van der Waals surface area contributed by atoms with E-state index in [1.54, 1.807) is 24.4 Å². The van der Waals surface area contributed by atoms with Crippen LogP contribution in [-0.4, -0.2) is 29.8 Å². The number of anilines is 1. The van der Waals surface area contributed by atoms with E-state index in [4.69, 9.17) is 5.11 Å². The number of benzene rings is 1. The molecule has 0 fully saturated rings. The highest BCUT2D eigenvalue weighted by Crippen LogP contribution is 2.18. The fraction of sp³-hybridized carbons (Fsp3) is 0.417. The van der Waals surface area contributed by atoms with E-state index < -0.39 is 18.2 Å². The molecule has 7 heteroatoms. The molecule has 1 atom stereocenters. The van der Waals surface area contributed by atoms with Crippen LogP contribution in [0.4, 0.5) is 18.9 Å². The van der Waals surface area contributed by atoms with Crippen molar-refractivity contribution in [1.82, 2.24) is 5.32 Å². The van der Waals surface area contributed by atoms with Gasteiger partial charge in [-0.15, -0.1) is 0 Å². The van der Waals surface area contributed by atoms with Crippen molar-refractivity contribution in [2.24, 2.45) is 0 Å². The van der Waals surface area contributed by atoms with Crippen LogP contribution in [-0.2, 0) is 11.3 Å². The van der Waals surface area contributed by atoms with Crippen molar-refractivity contribution in [2.75, 3.05) is 11.9 Å². The number of nitrogens with one attached hydrogen (secondary N) is 2. The molecule has 0 spiro atoms. The average molecular weight is 276 g/mol. The van der Waals surface area contributed by atoms with Gasteiger partial charge in [0.25, 0.3) is 0 Å². The zero-order valence-electron chi connectivity index (χ0n) is 10.3. The molecule has 19 heavy (non-hydrogen) atoms. The van der Waals surface area contributed by atoms with Crippen LogP contribution in [0.3, 0.4) is 0 Å². The molecule has 0 bridgehead atoms. The van der Waals surface area contributed by atoms with Crippen LogP contribution < -0.4 is 10.6 Å². The van der Waals surface area contributed by atoms with Gasteiger partial charge in [0.2, 0.25) is 0 Å². The van der Waals surface area contributed by atoms with Gasteiger partial charge >= 0.3 is 12.1 Å². The molecule has 0 aromatic heterocycles. The van der Waals surface area contributed by atoms with Crippen molar-refractivity contribution in [3.05, 3.63) is 29.8 Å². The summed E-state index contributed by atoms with van der Waals surface area (Å²) in [6.45, 7) is 2.38. The SMILES string of the molecule is CC(O)CNCc1cccc(NC(=O)C(F)(F)F)c1. The number of carbonyl (C=O) groups is 1. The molecule has 1 rings (SSSR count). The summed E-state index contributed by atoms with van der Waals surface area (Å²) in [6, 6.07) is 6.07. The molecular weight excluding hydrogens is 261 g/mol. The lowest BCUT2D eigenvalue weighted by Gasteiger charge is -2.10. The van der Waals surface area contributed by atoms with Gasteiger partial charge in [0.05, 0.1) is 6.10 Å². The standard InChI is InChI=1S/C12H15F3N2O2/c1-8(18)6-16-7-9-3-2-4-10(5-9)17-11(19)12(13,14)15/h2-5,8,16,18H,6-7H2,1H3,(H,17,19). The second-order valence-corrected chi connectivity index (χ2v) is 4.13. The first-order chi connectivity index (χ1) is 8.79. The molecule has 0 radical (unpaired) electrons. The van der Waals surface area contributed by atoms with Crippen LogP contribution in [0.5, 0.6) is 0 Å². The van der Waals surface area contributed by atoms with Gasteiger partial charge in [-0.05, 0) is 24.6 Å². The van der Waals surface area contributed by atoms with Gasteiger partial charge in [0, 0.05) is 18.8 Å². The Labute approximate surface area is 108 Å². The highest BCUT2D eigenvalue weighted by molar-refractivity contribution is 5.94. The molecular formula is C12H15F3N2O2. The Morgan fingerprint density at radius 2 is 2.11 bits per heavy atom. The first-order valence-corrected chi connectivity index (χ1v) is 5.65. The molecule has 1 aromatic carbocycles. The summed E-state index contributed by atoms with van der Waals surface area (Å²) in [6.07, 6.45) is -5.41. The number of rotatable bonds is 5. The number of aliphatic hydroxyl groups excluding tert-OH is 1. The first kappa shape index (κ1) is 15.5. The second-order valence-electron chi connectivity index (χ2n) is 4.13. The molecule has 1 unspecified atom stereocenters. The smallest absolute Gasteiger partial charge is 0.392 e. The van der Waals surface area contributed by atoms with Gasteiger partial charge < -0.3 is 15.7 Å². The van der Waals surface area contributed by atoms with Gasteiger partial charge in [-0.25, -0.2) is 0 Å². The number of halogens is 3. The van der Waals surface area contributed by atoms with Gasteiger partial charge in [-0.3, -0.25) is 4.79 Å². The monoisotopic (exact) mass is 276 g/mol. The Balaban J connectivity index is 2.59. The van der Waals surface area contributed by atoms with E-state index >= 15 is 0 Å². The Hall–Kier alpha value is -1.60. The lowest BCUT2D eigenvalue weighted by molar-refractivity contribution is -0.167. The predicted molar refractivity (Wildman–Crippen MR) is 64.5 cm³/mol. The van der Waals surface area contributed by atoms with Crippen molar-refractivity contribution >= 4 is 11.6 Å². The maximum Gasteiger partial charge on any atom is 0.471 e. The third-order valence-electron chi connectivity index (χ3n) is 2.21. The van der Waals surface area contributed by atoms with Gasteiger partial charge in [-0.2, -0.15) is 13.2 Å². The number of aliphatic hydroxyl groups is 1. The average Bonchev–Trinajstić information content (AvgIpc) is 2.27. The van der Waals surface area contributed by atoms with Crippen LogP contribution in [0.25, 0.3) is 0 Å². The van der Waals surface area contributed by atoms with Gasteiger partial charge in [0.1, 0.15) is 0 Å². The third kappa shape index (κ3) is 5.71. The van der Waals surface area contributed by atoms with Crippen molar-refractivity contribution < 1.29 is 23.1 Å². The van der Waals surface area contributed by atoms with Crippen molar-refractivity contribution in [3.8, 4) is 0 Å². The molecule has 0 heterocycles. The van der Waals surface area contributed by atoms with Crippen LogP contribution in [0.15, 0.2) is 24.3 Å².